The first-order chi connectivity index (χ1) is 10.1. The summed E-state index contributed by atoms with van der Waals surface area (Å²) in [7, 11) is 0. The summed E-state index contributed by atoms with van der Waals surface area (Å²) in [6.07, 6.45) is 1.95. The van der Waals surface area contributed by atoms with E-state index in [1.54, 1.807) is 18.2 Å². The molecule has 0 saturated heterocycles. The number of benzene rings is 2. The molecule has 0 fully saturated rings. The fourth-order valence-electron chi connectivity index (χ4n) is 3.00. The summed E-state index contributed by atoms with van der Waals surface area (Å²) in [5.74, 6) is 0. The van der Waals surface area contributed by atoms with Gasteiger partial charge in [0.05, 0.1) is 4.92 Å². The molecule has 0 radical (unpaired) electrons. The third kappa shape index (κ3) is 2.20. The SMILES string of the molecule is CC1CCc2ccccc2N1c1cccc(N)c1[N+](=O)[O-]. The van der Waals surface area contributed by atoms with E-state index >= 15 is 0 Å². The van der Waals surface area contributed by atoms with Crippen molar-refractivity contribution in [2.45, 2.75) is 25.8 Å². The molecule has 0 amide bonds. The molecule has 0 spiro atoms. The Kier molecular flexibility index (Phi) is 3.25. The normalized spacial score (nSPS) is 17.4. The quantitative estimate of drug-likeness (QED) is 0.518. The van der Waals surface area contributed by atoms with Crippen LogP contribution in [0.3, 0.4) is 0 Å². The molecule has 5 heteroatoms. The summed E-state index contributed by atoms with van der Waals surface area (Å²) < 4.78 is 0. The highest BCUT2D eigenvalue weighted by atomic mass is 16.6. The van der Waals surface area contributed by atoms with Crippen LogP contribution < -0.4 is 10.6 Å². The van der Waals surface area contributed by atoms with Gasteiger partial charge in [-0.2, -0.15) is 0 Å². The molecule has 0 aliphatic carbocycles. The molecule has 1 aliphatic rings. The molecule has 0 bridgehead atoms. The van der Waals surface area contributed by atoms with Crippen LogP contribution in [0.25, 0.3) is 0 Å². The number of nitrogens with zero attached hydrogens (tertiary/aromatic N) is 2. The van der Waals surface area contributed by atoms with E-state index in [2.05, 4.69) is 13.0 Å². The third-order valence-electron chi connectivity index (χ3n) is 4.01. The minimum Gasteiger partial charge on any atom is -0.393 e. The fourth-order valence-corrected chi connectivity index (χ4v) is 3.00. The highest BCUT2D eigenvalue weighted by Gasteiger charge is 2.30. The molecule has 1 aliphatic heterocycles. The third-order valence-corrected chi connectivity index (χ3v) is 4.01. The van der Waals surface area contributed by atoms with Gasteiger partial charge in [0.15, 0.2) is 0 Å². The van der Waals surface area contributed by atoms with E-state index < -0.39 is 4.92 Å². The summed E-state index contributed by atoms with van der Waals surface area (Å²) in [6.45, 7) is 2.09. The van der Waals surface area contributed by atoms with Crippen LogP contribution in [0, 0.1) is 10.1 Å². The Labute approximate surface area is 123 Å². The van der Waals surface area contributed by atoms with Crippen molar-refractivity contribution in [2.24, 2.45) is 0 Å². The molecule has 21 heavy (non-hydrogen) atoms. The molecule has 2 aromatic rings. The summed E-state index contributed by atoms with van der Waals surface area (Å²) in [5, 5.41) is 11.4. The largest absolute Gasteiger partial charge is 0.393 e. The number of fused-ring (bicyclic) bond motifs is 1. The van der Waals surface area contributed by atoms with Crippen LogP contribution in [0.2, 0.25) is 0 Å². The minimum atomic E-state index is -0.394. The second kappa shape index (κ2) is 5.09. The molecule has 1 unspecified atom stereocenters. The Morgan fingerprint density at radius 3 is 2.67 bits per heavy atom. The van der Waals surface area contributed by atoms with Crippen molar-refractivity contribution >= 4 is 22.7 Å². The lowest BCUT2D eigenvalue weighted by atomic mass is 9.95. The first-order valence-corrected chi connectivity index (χ1v) is 6.99. The van der Waals surface area contributed by atoms with Gasteiger partial charge in [0.1, 0.15) is 11.4 Å². The maximum atomic E-state index is 11.4. The maximum absolute atomic E-state index is 11.4. The Hall–Kier alpha value is -2.56. The van der Waals surface area contributed by atoms with Gasteiger partial charge in [-0.05, 0) is 43.5 Å². The zero-order valence-electron chi connectivity index (χ0n) is 11.8. The van der Waals surface area contributed by atoms with Crippen molar-refractivity contribution in [3.63, 3.8) is 0 Å². The summed E-state index contributed by atoms with van der Waals surface area (Å²) >= 11 is 0. The van der Waals surface area contributed by atoms with Crippen LogP contribution in [0.15, 0.2) is 42.5 Å². The van der Waals surface area contributed by atoms with Gasteiger partial charge in [-0.3, -0.25) is 10.1 Å². The monoisotopic (exact) mass is 283 g/mol. The topological polar surface area (TPSA) is 72.4 Å². The number of anilines is 3. The van der Waals surface area contributed by atoms with Crippen molar-refractivity contribution in [3.8, 4) is 0 Å². The van der Waals surface area contributed by atoms with Gasteiger partial charge >= 0.3 is 5.69 Å². The Bertz CT molecular complexity index is 700. The van der Waals surface area contributed by atoms with Gasteiger partial charge in [0.25, 0.3) is 0 Å². The van der Waals surface area contributed by atoms with Gasteiger partial charge in [0, 0.05) is 11.7 Å². The van der Waals surface area contributed by atoms with Gasteiger partial charge in [-0.15, -0.1) is 0 Å². The molecular weight excluding hydrogens is 266 g/mol. The first-order valence-electron chi connectivity index (χ1n) is 6.99. The Morgan fingerprint density at radius 2 is 1.90 bits per heavy atom. The van der Waals surface area contributed by atoms with Crippen LogP contribution in [0.1, 0.15) is 18.9 Å². The second-order valence-electron chi connectivity index (χ2n) is 5.36. The predicted molar refractivity (Wildman–Crippen MR) is 83.9 cm³/mol. The van der Waals surface area contributed by atoms with Gasteiger partial charge in [0.2, 0.25) is 0 Å². The van der Waals surface area contributed by atoms with Crippen LogP contribution >= 0.6 is 0 Å². The van der Waals surface area contributed by atoms with Crippen molar-refractivity contribution in [3.05, 3.63) is 58.1 Å². The molecular formula is C16H17N3O2. The molecule has 108 valence electrons. The average molecular weight is 283 g/mol. The number of nitrogens with two attached hydrogens (primary N) is 1. The van der Waals surface area contributed by atoms with Gasteiger partial charge in [-0.25, -0.2) is 0 Å². The Morgan fingerprint density at radius 1 is 1.19 bits per heavy atom. The van der Waals surface area contributed by atoms with Crippen molar-refractivity contribution < 1.29 is 4.92 Å². The molecule has 2 aromatic carbocycles. The Balaban J connectivity index is 2.21. The lowest BCUT2D eigenvalue weighted by Crippen LogP contribution is -2.33. The molecule has 0 saturated carbocycles. The van der Waals surface area contributed by atoms with E-state index in [-0.39, 0.29) is 17.4 Å². The number of nitro benzene ring substituents is 1. The van der Waals surface area contributed by atoms with Crippen LogP contribution in [-0.4, -0.2) is 11.0 Å². The van der Waals surface area contributed by atoms with Crippen molar-refractivity contribution in [2.75, 3.05) is 10.6 Å². The number of hydrogen-bond donors (Lipinski definition) is 1. The average Bonchev–Trinajstić information content (AvgIpc) is 2.46. The lowest BCUT2D eigenvalue weighted by molar-refractivity contribution is -0.383. The zero-order chi connectivity index (χ0) is 15.0. The van der Waals surface area contributed by atoms with Crippen LogP contribution in [0.4, 0.5) is 22.7 Å². The lowest BCUT2D eigenvalue weighted by Gasteiger charge is -2.36. The van der Waals surface area contributed by atoms with E-state index in [1.807, 2.05) is 23.1 Å². The summed E-state index contributed by atoms with van der Waals surface area (Å²) in [6, 6.07) is 13.4. The zero-order valence-corrected chi connectivity index (χ0v) is 11.8. The molecule has 1 atom stereocenters. The predicted octanol–water partition coefficient (Wildman–Crippen LogP) is 3.65. The smallest absolute Gasteiger partial charge is 0.315 e. The van der Waals surface area contributed by atoms with E-state index in [4.69, 9.17) is 5.73 Å². The van der Waals surface area contributed by atoms with Crippen molar-refractivity contribution in [1.29, 1.82) is 0 Å². The fraction of sp³-hybridized carbons (Fsp3) is 0.250. The summed E-state index contributed by atoms with van der Waals surface area (Å²) in [4.78, 5) is 13.0. The van der Waals surface area contributed by atoms with E-state index in [0.29, 0.717) is 5.69 Å². The second-order valence-corrected chi connectivity index (χ2v) is 5.36. The number of nitro groups is 1. The van der Waals surface area contributed by atoms with E-state index in [0.717, 1.165) is 18.5 Å². The number of aryl methyl sites for hydroxylation is 1. The van der Waals surface area contributed by atoms with Crippen LogP contribution in [-0.2, 0) is 6.42 Å². The molecule has 1 heterocycles. The number of para-hydroxylation sites is 2. The summed E-state index contributed by atoms with van der Waals surface area (Å²) in [5.41, 5.74) is 8.83. The molecule has 2 N–H and O–H groups in total. The minimum absolute atomic E-state index is 0.0129. The van der Waals surface area contributed by atoms with Crippen LogP contribution in [0.5, 0.6) is 0 Å². The number of rotatable bonds is 2. The number of nitrogen functional groups attached to an aromatic ring is 1. The standard InChI is InChI=1S/C16H17N3O2/c1-11-9-10-12-5-2-3-7-14(12)18(11)15-8-4-6-13(17)16(15)19(20)21/h2-8,11H,9-10,17H2,1H3. The van der Waals surface area contributed by atoms with E-state index in [1.165, 1.54) is 5.56 Å². The molecule has 0 aromatic heterocycles. The first kappa shape index (κ1) is 13.4. The molecule has 3 rings (SSSR count). The highest BCUT2D eigenvalue weighted by molar-refractivity contribution is 5.81. The van der Waals surface area contributed by atoms with E-state index in [9.17, 15) is 10.1 Å². The maximum Gasteiger partial charge on any atom is 0.315 e. The number of hydrogen-bond acceptors (Lipinski definition) is 4. The molecule has 5 nitrogen and oxygen atoms in total. The van der Waals surface area contributed by atoms with Crippen molar-refractivity contribution in [1.82, 2.24) is 0 Å². The van der Waals surface area contributed by atoms with Gasteiger partial charge in [-0.1, -0.05) is 24.3 Å². The van der Waals surface area contributed by atoms with Gasteiger partial charge < -0.3 is 10.6 Å². The highest BCUT2D eigenvalue weighted by Crippen LogP contribution is 2.42.